The number of hydrogen-bond donors (Lipinski definition) is 0. The number of unbranched alkanes of at least 4 members (excludes halogenated alkanes) is 6. The first-order valence-electron chi connectivity index (χ1n) is 10.8. The van der Waals surface area contributed by atoms with Gasteiger partial charge in [0.2, 0.25) is 29.1 Å². The Balaban J connectivity index is 2.44. The van der Waals surface area contributed by atoms with Gasteiger partial charge in [-0.3, -0.25) is 0 Å². The van der Waals surface area contributed by atoms with Crippen LogP contribution in [0, 0.1) is 29.1 Å². The van der Waals surface area contributed by atoms with Crippen LogP contribution >= 0.6 is 0 Å². The Morgan fingerprint density at radius 3 is 1.80 bits per heavy atom. The van der Waals surface area contributed by atoms with E-state index < -0.39 is 34.8 Å². The molecule has 30 heavy (non-hydrogen) atoms. The van der Waals surface area contributed by atoms with Crippen LogP contribution in [-0.2, 0) is 9.47 Å². The number of hydrogen-bond acceptors (Lipinski definition) is 3. The molecule has 3 nitrogen and oxygen atoms in total. The molecule has 0 saturated heterocycles. The molecule has 0 spiro atoms. The van der Waals surface area contributed by atoms with E-state index in [1.54, 1.807) is 0 Å². The van der Waals surface area contributed by atoms with Crippen molar-refractivity contribution in [1.82, 2.24) is 0 Å². The smallest absolute Gasteiger partial charge is 0.206 e. The molecule has 1 unspecified atom stereocenters. The van der Waals surface area contributed by atoms with Gasteiger partial charge in [-0.05, 0) is 26.2 Å². The van der Waals surface area contributed by atoms with Gasteiger partial charge in [-0.25, -0.2) is 13.2 Å². The van der Waals surface area contributed by atoms with Crippen LogP contribution < -0.4 is 4.74 Å². The maximum atomic E-state index is 13.6. The summed E-state index contributed by atoms with van der Waals surface area (Å²) in [6.07, 6.45) is 9.73. The van der Waals surface area contributed by atoms with E-state index in [1.165, 1.54) is 32.1 Å². The summed E-state index contributed by atoms with van der Waals surface area (Å²) in [5.41, 5.74) is 0. The molecule has 0 heterocycles. The van der Waals surface area contributed by atoms with Gasteiger partial charge in [-0.1, -0.05) is 51.9 Å². The number of ether oxygens (including phenoxy) is 3. The van der Waals surface area contributed by atoms with Crippen LogP contribution in [0.2, 0.25) is 0 Å². The van der Waals surface area contributed by atoms with E-state index in [0.717, 1.165) is 19.3 Å². The van der Waals surface area contributed by atoms with Crippen molar-refractivity contribution >= 4 is 0 Å². The summed E-state index contributed by atoms with van der Waals surface area (Å²) >= 11 is 0. The molecule has 0 amide bonds. The van der Waals surface area contributed by atoms with Gasteiger partial charge in [-0.15, -0.1) is 0 Å². The van der Waals surface area contributed by atoms with Crippen molar-refractivity contribution in [2.24, 2.45) is 0 Å². The molecule has 0 aromatic heterocycles. The Morgan fingerprint density at radius 1 is 0.667 bits per heavy atom. The first-order chi connectivity index (χ1) is 14.4. The molecule has 0 fully saturated rings. The van der Waals surface area contributed by atoms with E-state index in [4.69, 9.17) is 14.2 Å². The van der Waals surface area contributed by atoms with Crippen LogP contribution in [0.3, 0.4) is 0 Å². The molecule has 0 aliphatic heterocycles. The second-order valence-electron chi connectivity index (χ2n) is 7.20. The molecule has 1 aromatic carbocycles. The summed E-state index contributed by atoms with van der Waals surface area (Å²) in [5.74, 6) is -11.4. The van der Waals surface area contributed by atoms with Crippen molar-refractivity contribution in [3.63, 3.8) is 0 Å². The highest BCUT2D eigenvalue weighted by Crippen LogP contribution is 2.29. The van der Waals surface area contributed by atoms with Gasteiger partial charge in [0.15, 0.2) is 5.75 Å². The average Bonchev–Trinajstić information content (AvgIpc) is 2.74. The first-order valence-corrected chi connectivity index (χ1v) is 10.8. The van der Waals surface area contributed by atoms with Gasteiger partial charge in [0, 0.05) is 6.61 Å². The van der Waals surface area contributed by atoms with E-state index in [9.17, 15) is 22.0 Å². The normalized spacial score (nSPS) is 12.4. The number of halogens is 5. The molecule has 8 heteroatoms. The summed E-state index contributed by atoms with van der Waals surface area (Å²) in [4.78, 5) is 0. The van der Waals surface area contributed by atoms with Gasteiger partial charge in [0.25, 0.3) is 0 Å². The van der Waals surface area contributed by atoms with Crippen LogP contribution in [0.4, 0.5) is 22.0 Å². The van der Waals surface area contributed by atoms with E-state index in [2.05, 4.69) is 6.92 Å². The van der Waals surface area contributed by atoms with Gasteiger partial charge in [0.05, 0.1) is 12.7 Å². The SMILES string of the molecule is CCCCCCCCCC(CCCOc1c(F)c(F)c(F)c(F)c1F)OCOCC. The molecule has 0 aliphatic carbocycles. The van der Waals surface area contributed by atoms with Crippen LogP contribution in [0.25, 0.3) is 0 Å². The third kappa shape index (κ3) is 9.16. The standard InChI is InChI=1S/C22H33F5O3/c1-3-5-6-7-8-9-10-12-16(30-15-28-4-2)13-11-14-29-22-20(26)18(24)17(23)19(25)21(22)27/h16H,3-15H2,1-2H3. The fraction of sp³-hybridized carbons (Fsp3) is 0.727. The average molecular weight is 440 g/mol. The zero-order valence-electron chi connectivity index (χ0n) is 17.9. The molecule has 174 valence electrons. The second kappa shape index (κ2) is 15.4. The quantitative estimate of drug-likeness (QED) is 0.0853. The Labute approximate surface area is 175 Å². The van der Waals surface area contributed by atoms with Crippen molar-refractivity contribution in [2.75, 3.05) is 20.0 Å². The van der Waals surface area contributed by atoms with Crippen molar-refractivity contribution < 1.29 is 36.2 Å². The lowest BCUT2D eigenvalue weighted by atomic mass is 10.0. The second-order valence-corrected chi connectivity index (χ2v) is 7.20. The zero-order valence-corrected chi connectivity index (χ0v) is 17.9. The topological polar surface area (TPSA) is 27.7 Å². The summed E-state index contributed by atoms with van der Waals surface area (Å²) in [5, 5.41) is 0. The van der Waals surface area contributed by atoms with Crippen LogP contribution in [0.1, 0.15) is 78.1 Å². The largest absolute Gasteiger partial charge is 0.487 e. The third-order valence-electron chi connectivity index (χ3n) is 4.81. The van der Waals surface area contributed by atoms with Crippen LogP contribution in [0.5, 0.6) is 5.75 Å². The Hall–Kier alpha value is -1.41. The summed E-state index contributed by atoms with van der Waals surface area (Å²) in [6, 6.07) is 0. The van der Waals surface area contributed by atoms with Crippen molar-refractivity contribution in [2.45, 2.75) is 84.2 Å². The maximum Gasteiger partial charge on any atom is 0.206 e. The monoisotopic (exact) mass is 440 g/mol. The fourth-order valence-electron chi connectivity index (χ4n) is 3.06. The lowest BCUT2D eigenvalue weighted by molar-refractivity contribution is -0.0918. The summed E-state index contributed by atoms with van der Waals surface area (Å²) in [6.45, 7) is 4.51. The molecule has 1 rings (SSSR count). The minimum atomic E-state index is -2.20. The van der Waals surface area contributed by atoms with E-state index in [-0.39, 0.29) is 19.5 Å². The number of rotatable bonds is 17. The summed E-state index contributed by atoms with van der Waals surface area (Å²) in [7, 11) is 0. The van der Waals surface area contributed by atoms with Gasteiger partial charge < -0.3 is 14.2 Å². The Kier molecular flexibility index (Phi) is 13.7. The van der Waals surface area contributed by atoms with Crippen molar-refractivity contribution in [3.05, 3.63) is 29.1 Å². The van der Waals surface area contributed by atoms with Gasteiger partial charge in [0.1, 0.15) is 6.79 Å². The van der Waals surface area contributed by atoms with E-state index >= 15 is 0 Å². The lowest BCUT2D eigenvalue weighted by Crippen LogP contribution is -2.17. The van der Waals surface area contributed by atoms with E-state index in [0.29, 0.717) is 19.4 Å². The molecular weight excluding hydrogens is 407 g/mol. The van der Waals surface area contributed by atoms with E-state index in [1.807, 2.05) is 6.92 Å². The lowest BCUT2D eigenvalue weighted by Gasteiger charge is -2.18. The minimum Gasteiger partial charge on any atom is -0.487 e. The maximum absolute atomic E-state index is 13.6. The van der Waals surface area contributed by atoms with Crippen molar-refractivity contribution in [1.29, 1.82) is 0 Å². The van der Waals surface area contributed by atoms with Crippen molar-refractivity contribution in [3.8, 4) is 5.75 Å². The molecule has 0 aliphatic rings. The predicted molar refractivity (Wildman–Crippen MR) is 105 cm³/mol. The first kappa shape index (κ1) is 26.6. The Morgan fingerprint density at radius 2 is 1.20 bits per heavy atom. The molecule has 1 aromatic rings. The Bertz CT molecular complexity index is 584. The minimum absolute atomic E-state index is 0.118. The van der Waals surface area contributed by atoms with Crippen LogP contribution in [-0.4, -0.2) is 26.1 Å². The molecule has 0 saturated carbocycles. The van der Waals surface area contributed by atoms with Gasteiger partial charge in [-0.2, -0.15) is 8.78 Å². The predicted octanol–water partition coefficient (Wildman–Crippen LogP) is 7.06. The highest BCUT2D eigenvalue weighted by atomic mass is 19.2. The highest BCUT2D eigenvalue weighted by molar-refractivity contribution is 5.29. The molecule has 0 radical (unpaired) electrons. The van der Waals surface area contributed by atoms with Crippen LogP contribution in [0.15, 0.2) is 0 Å². The fourth-order valence-corrected chi connectivity index (χ4v) is 3.06. The molecule has 0 N–H and O–H groups in total. The van der Waals surface area contributed by atoms with Gasteiger partial charge >= 0.3 is 0 Å². The zero-order chi connectivity index (χ0) is 22.4. The summed E-state index contributed by atoms with van der Waals surface area (Å²) < 4.78 is 82.5. The molecule has 0 bridgehead atoms. The highest BCUT2D eigenvalue weighted by Gasteiger charge is 2.27. The third-order valence-corrected chi connectivity index (χ3v) is 4.81. The molecular formula is C22H33F5O3. The number of benzene rings is 1. The molecule has 1 atom stereocenters.